The van der Waals surface area contributed by atoms with Crippen LogP contribution in [0.5, 0.6) is 0 Å². The van der Waals surface area contributed by atoms with Crippen molar-refractivity contribution >= 4 is 23.2 Å². The van der Waals surface area contributed by atoms with E-state index in [9.17, 15) is 5.11 Å². The number of aliphatic hydroxyl groups excluding tert-OH is 1. The third-order valence-electron chi connectivity index (χ3n) is 3.33. The maximum Gasteiger partial charge on any atom is 0.0641 e. The summed E-state index contributed by atoms with van der Waals surface area (Å²) >= 11 is 12.3. The van der Waals surface area contributed by atoms with E-state index in [1.54, 1.807) is 6.07 Å². The van der Waals surface area contributed by atoms with Crippen molar-refractivity contribution < 1.29 is 5.11 Å². The Morgan fingerprint density at radius 2 is 2.11 bits per heavy atom. The Labute approximate surface area is 118 Å². The lowest BCUT2D eigenvalue weighted by molar-refractivity contribution is 0.130. The molecule has 1 fully saturated rings. The lowest BCUT2D eigenvalue weighted by atomic mass is 10.1. The summed E-state index contributed by atoms with van der Waals surface area (Å²) in [6.45, 7) is 3.89. The molecule has 1 atom stereocenters. The average Bonchev–Trinajstić information content (AvgIpc) is 2.64. The van der Waals surface area contributed by atoms with Crippen molar-refractivity contribution in [3.8, 4) is 0 Å². The molecule has 5 heteroatoms. The lowest BCUT2D eigenvalue weighted by Gasteiger charge is -2.30. The van der Waals surface area contributed by atoms with Crippen LogP contribution >= 0.6 is 23.2 Å². The van der Waals surface area contributed by atoms with Crippen molar-refractivity contribution in [1.29, 1.82) is 0 Å². The number of benzene rings is 1. The van der Waals surface area contributed by atoms with E-state index >= 15 is 0 Å². The van der Waals surface area contributed by atoms with Gasteiger partial charge in [0.05, 0.1) is 22.7 Å². The van der Waals surface area contributed by atoms with Gasteiger partial charge in [0.1, 0.15) is 0 Å². The molecule has 0 aliphatic carbocycles. The van der Waals surface area contributed by atoms with Crippen LogP contribution in [0.1, 0.15) is 18.0 Å². The predicted octanol–water partition coefficient (Wildman–Crippen LogP) is 2.32. The van der Waals surface area contributed by atoms with Crippen LogP contribution in [0.25, 0.3) is 0 Å². The molecule has 0 spiro atoms. The summed E-state index contributed by atoms with van der Waals surface area (Å²) in [6, 6.07) is 5.51. The minimum Gasteiger partial charge on any atom is -0.394 e. The molecule has 2 rings (SSSR count). The molecule has 1 saturated heterocycles. The van der Waals surface area contributed by atoms with E-state index in [2.05, 4.69) is 10.2 Å². The first-order valence-electron chi connectivity index (χ1n) is 6.23. The Kier molecular flexibility index (Phi) is 5.27. The Bertz CT molecular complexity index is 393. The highest BCUT2D eigenvalue weighted by molar-refractivity contribution is 6.42. The van der Waals surface area contributed by atoms with Crippen molar-refractivity contribution in [1.82, 2.24) is 10.2 Å². The van der Waals surface area contributed by atoms with Gasteiger partial charge in [-0.05, 0) is 24.6 Å². The molecule has 3 nitrogen and oxygen atoms in total. The Morgan fingerprint density at radius 3 is 2.89 bits per heavy atom. The van der Waals surface area contributed by atoms with Gasteiger partial charge in [-0.25, -0.2) is 0 Å². The quantitative estimate of drug-likeness (QED) is 0.896. The lowest BCUT2D eigenvalue weighted by Crippen LogP contribution is -2.34. The first kappa shape index (κ1) is 14.1. The molecular weight excluding hydrogens is 271 g/mol. The molecule has 1 aromatic carbocycles. The van der Waals surface area contributed by atoms with Gasteiger partial charge < -0.3 is 10.4 Å². The van der Waals surface area contributed by atoms with Gasteiger partial charge in [-0.2, -0.15) is 0 Å². The van der Waals surface area contributed by atoms with Gasteiger partial charge in [0.2, 0.25) is 0 Å². The summed E-state index contributed by atoms with van der Waals surface area (Å²) in [4.78, 5) is 2.26. The van der Waals surface area contributed by atoms with Gasteiger partial charge >= 0.3 is 0 Å². The van der Waals surface area contributed by atoms with Crippen molar-refractivity contribution in [2.45, 2.75) is 12.5 Å². The van der Waals surface area contributed by atoms with Crippen molar-refractivity contribution in [3.63, 3.8) is 0 Å². The topological polar surface area (TPSA) is 35.5 Å². The zero-order chi connectivity index (χ0) is 13.0. The zero-order valence-corrected chi connectivity index (χ0v) is 11.7. The second-order valence-electron chi connectivity index (χ2n) is 4.48. The average molecular weight is 289 g/mol. The Balaban J connectivity index is 2.23. The highest BCUT2D eigenvalue weighted by atomic mass is 35.5. The summed E-state index contributed by atoms with van der Waals surface area (Å²) in [7, 11) is 0. The number of nitrogens with one attached hydrogen (secondary N) is 1. The zero-order valence-electron chi connectivity index (χ0n) is 10.2. The van der Waals surface area contributed by atoms with Crippen LogP contribution in [0.3, 0.4) is 0 Å². The Hall–Kier alpha value is -0.320. The molecule has 0 bridgehead atoms. The molecule has 1 aliphatic heterocycles. The number of hydrogen-bond donors (Lipinski definition) is 2. The second kappa shape index (κ2) is 6.73. The highest BCUT2D eigenvalue weighted by Gasteiger charge is 2.23. The van der Waals surface area contributed by atoms with Crippen LogP contribution in [-0.2, 0) is 0 Å². The third-order valence-corrected chi connectivity index (χ3v) is 4.16. The molecular formula is C13H18Cl2N2O. The summed E-state index contributed by atoms with van der Waals surface area (Å²) < 4.78 is 0. The van der Waals surface area contributed by atoms with Crippen LogP contribution in [-0.4, -0.2) is 42.8 Å². The first-order chi connectivity index (χ1) is 8.74. The van der Waals surface area contributed by atoms with Crippen LogP contribution in [0.2, 0.25) is 10.0 Å². The summed E-state index contributed by atoms with van der Waals surface area (Å²) in [5.41, 5.74) is 0.911. The van der Waals surface area contributed by atoms with E-state index in [-0.39, 0.29) is 12.6 Å². The fraction of sp³-hybridized carbons (Fsp3) is 0.538. The minimum atomic E-state index is -0.0731. The molecule has 100 valence electrons. The molecule has 1 heterocycles. The standard InChI is InChI=1S/C13H18Cl2N2O/c14-11-4-1-3-10(13(11)15)12(9-18)17-7-2-5-16-6-8-17/h1,3-4,12,16,18H,2,5-9H2. The number of aliphatic hydroxyl groups is 1. The predicted molar refractivity (Wildman–Crippen MR) is 75.3 cm³/mol. The molecule has 1 unspecified atom stereocenters. The highest BCUT2D eigenvalue weighted by Crippen LogP contribution is 2.32. The van der Waals surface area contributed by atoms with Gasteiger partial charge in [0.15, 0.2) is 0 Å². The minimum absolute atomic E-state index is 0.0556. The maximum atomic E-state index is 9.68. The molecule has 0 saturated carbocycles. The Morgan fingerprint density at radius 1 is 1.28 bits per heavy atom. The number of nitrogens with zero attached hydrogens (tertiary/aromatic N) is 1. The van der Waals surface area contributed by atoms with E-state index in [0.717, 1.165) is 38.2 Å². The molecule has 0 aromatic heterocycles. The summed E-state index contributed by atoms with van der Waals surface area (Å²) in [5.74, 6) is 0. The number of halogens is 2. The second-order valence-corrected chi connectivity index (χ2v) is 5.27. The fourth-order valence-corrected chi connectivity index (χ4v) is 2.80. The van der Waals surface area contributed by atoms with Crippen LogP contribution in [0, 0.1) is 0 Å². The van der Waals surface area contributed by atoms with Crippen molar-refractivity contribution in [2.75, 3.05) is 32.8 Å². The molecule has 1 aromatic rings. The number of hydrogen-bond acceptors (Lipinski definition) is 3. The normalized spacial score (nSPS) is 19.5. The molecule has 18 heavy (non-hydrogen) atoms. The van der Waals surface area contributed by atoms with Crippen LogP contribution < -0.4 is 5.32 Å². The van der Waals surface area contributed by atoms with Crippen LogP contribution in [0.4, 0.5) is 0 Å². The van der Waals surface area contributed by atoms with Gasteiger partial charge in [-0.15, -0.1) is 0 Å². The smallest absolute Gasteiger partial charge is 0.0641 e. The summed E-state index contributed by atoms with van der Waals surface area (Å²) in [6.07, 6.45) is 1.08. The van der Waals surface area contributed by atoms with Crippen molar-refractivity contribution in [3.05, 3.63) is 33.8 Å². The van der Waals surface area contributed by atoms with Gasteiger partial charge in [-0.1, -0.05) is 35.3 Å². The van der Waals surface area contributed by atoms with Gasteiger partial charge in [-0.3, -0.25) is 4.90 Å². The van der Waals surface area contributed by atoms with Gasteiger partial charge in [0.25, 0.3) is 0 Å². The van der Waals surface area contributed by atoms with Crippen molar-refractivity contribution in [2.24, 2.45) is 0 Å². The molecule has 2 N–H and O–H groups in total. The van der Waals surface area contributed by atoms with E-state index < -0.39 is 0 Å². The first-order valence-corrected chi connectivity index (χ1v) is 6.99. The molecule has 1 aliphatic rings. The van der Waals surface area contributed by atoms with E-state index in [0.29, 0.717) is 10.0 Å². The number of rotatable bonds is 3. The molecule has 0 radical (unpaired) electrons. The van der Waals surface area contributed by atoms with Gasteiger partial charge in [0, 0.05) is 19.6 Å². The van der Waals surface area contributed by atoms with E-state index in [1.165, 1.54) is 0 Å². The monoisotopic (exact) mass is 288 g/mol. The van der Waals surface area contributed by atoms with Crippen LogP contribution in [0.15, 0.2) is 18.2 Å². The van der Waals surface area contributed by atoms with E-state index in [4.69, 9.17) is 23.2 Å². The fourth-order valence-electron chi connectivity index (χ4n) is 2.37. The third kappa shape index (κ3) is 3.16. The largest absolute Gasteiger partial charge is 0.394 e. The maximum absolute atomic E-state index is 9.68. The summed E-state index contributed by atoms with van der Waals surface area (Å²) in [5, 5.41) is 14.1. The van der Waals surface area contributed by atoms with E-state index in [1.807, 2.05) is 12.1 Å². The SMILES string of the molecule is OCC(c1cccc(Cl)c1Cl)N1CCCNCC1. The molecule has 0 amide bonds.